The van der Waals surface area contributed by atoms with Crippen molar-refractivity contribution in [2.75, 3.05) is 4.72 Å². The normalized spacial score (nSPS) is 10.9. The van der Waals surface area contributed by atoms with Crippen LogP contribution in [0.4, 0.5) is 5.69 Å². The molecule has 0 saturated heterocycles. The van der Waals surface area contributed by atoms with Crippen LogP contribution in [0.5, 0.6) is 0 Å². The number of carboxylic acid groups (broad SMARTS) is 1. The number of carboxylic acids is 1. The SMILES string of the molecule is N#Cc1ccc(NS(=O)(=O)c2ccc(C(=O)O)s2)cc1Cl. The van der Waals surface area contributed by atoms with E-state index < -0.39 is 16.0 Å². The number of hydrogen-bond acceptors (Lipinski definition) is 5. The highest BCUT2D eigenvalue weighted by Crippen LogP contribution is 2.26. The third kappa shape index (κ3) is 3.33. The summed E-state index contributed by atoms with van der Waals surface area (Å²) in [5, 5.41) is 17.7. The fourth-order valence-electron chi connectivity index (χ4n) is 1.45. The second-order valence-corrected chi connectivity index (χ2v) is 7.24. The Balaban J connectivity index is 2.31. The Morgan fingerprint density at radius 2 is 2.05 bits per heavy atom. The second-order valence-electron chi connectivity index (χ2n) is 3.84. The van der Waals surface area contributed by atoms with Gasteiger partial charge in [-0.2, -0.15) is 5.26 Å². The third-order valence-electron chi connectivity index (χ3n) is 2.40. The Hall–Kier alpha value is -2.08. The summed E-state index contributed by atoms with van der Waals surface area (Å²) < 4.78 is 26.4. The summed E-state index contributed by atoms with van der Waals surface area (Å²) in [6.07, 6.45) is 0. The van der Waals surface area contributed by atoms with Crippen LogP contribution < -0.4 is 4.72 Å². The lowest BCUT2D eigenvalue weighted by molar-refractivity contribution is 0.0702. The van der Waals surface area contributed by atoms with Crippen molar-refractivity contribution in [1.82, 2.24) is 0 Å². The second kappa shape index (κ2) is 5.73. The molecule has 0 radical (unpaired) electrons. The zero-order valence-electron chi connectivity index (χ0n) is 10.2. The lowest BCUT2D eigenvalue weighted by Gasteiger charge is -2.06. The third-order valence-corrected chi connectivity index (χ3v) is 5.66. The largest absolute Gasteiger partial charge is 0.477 e. The van der Waals surface area contributed by atoms with Gasteiger partial charge in [-0.15, -0.1) is 11.3 Å². The fourth-order valence-corrected chi connectivity index (χ4v) is 3.87. The monoisotopic (exact) mass is 342 g/mol. The number of rotatable bonds is 4. The number of nitriles is 1. The Labute approximate surface area is 129 Å². The minimum absolute atomic E-state index is 0.0757. The molecule has 0 saturated carbocycles. The summed E-state index contributed by atoms with van der Waals surface area (Å²) in [5.41, 5.74) is 0.410. The minimum Gasteiger partial charge on any atom is -0.477 e. The van der Waals surface area contributed by atoms with Crippen molar-refractivity contribution in [3.8, 4) is 6.07 Å². The van der Waals surface area contributed by atoms with E-state index in [-0.39, 0.29) is 25.4 Å². The predicted octanol–water partition coefficient (Wildman–Crippen LogP) is 2.77. The van der Waals surface area contributed by atoms with E-state index in [2.05, 4.69) is 4.72 Å². The summed E-state index contributed by atoms with van der Waals surface area (Å²) in [6.45, 7) is 0. The van der Waals surface area contributed by atoms with Gasteiger partial charge >= 0.3 is 5.97 Å². The smallest absolute Gasteiger partial charge is 0.345 e. The number of thiophene rings is 1. The first-order chi connectivity index (χ1) is 9.83. The van der Waals surface area contributed by atoms with Gasteiger partial charge < -0.3 is 5.11 Å². The standard InChI is InChI=1S/C12H7ClN2O4S2/c13-9-5-8(2-1-7(9)6-14)15-21(18,19)11-4-3-10(20-11)12(16)17/h1-5,15H,(H,16,17). The lowest BCUT2D eigenvalue weighted by atomic mass is 10.2. The first kappa shape index (κ1) is 15.3. The van der Waals surface area contributed by atoms with Gasteiger partial charge in [0.2, 0.25) is 0 Å². The van der Waals surface area contributed by atoms with Gasteiger partial charge in [0.25, 0.3) is 10.0 Å². The number of hydrogen-bond donors (Lipinski definition) is 2. The van der Waals surface area contributed by atoms with Crippen molar-refractivity contribution in [3.63, 3.8) is 0 Å². The van der Waals surface area contributed by atoms with E-state index in [4.69, 9.17) is 22.0 Å². The maximum atomic E-state index is 12.1. The molecule has 0 bridgehead atoms. The maximum Gasteiger partial charge on any atom is 0.345 e. The molecule has 9 heteroatoms. The van der Waals surface area contributed by atoms with Crippen LogP contribution in [0.1, 0.15) is 15.2 Å². The van der Waals surface area contributed by atoms with Crippen LogP contribution in [0.3, 0.4) is 0 Å². The Kier molecular flexibility index (Phi) is 4.18. The molecule has 1 aromatic heterocycles. The molecular formula is C12H7ClN2O4S2. The molecule has 0 fully saturated rings. The molecule has 2 aromatic rings. The van der Waals surface area contributed by atoms with Crippen LogP contribution >= 0.6 is 22.9 Å². The summed E-state index contributed by atoms with van der Waals surface area (Å²) in [7, 11) is -3.90. The molecular weight excluding hydrogens is 336 g/mol. The number of nitrogens with one attached hydrogen (secondary N) is 1. The summed E-state index contributed by atoms with van der Waals surface area (Å²) in [6, 6.07) is 8.38. The van der Waals surface area contributed by atoms with Crippen LogP contribution in [0.25, 0.3) is 0 Å². The van der Waals surface area contributed by atoms with E-state index in [9.17, 15) is 13.2 Å². The van der Waals surface area contributed by atoms with E-state index in [0.717, 1.165) is 0 Å². The zero-order valence-corrected chi connectivity index (χ0v) is 12.6. The predicted molar refractivity (Wildman–Crippen MR) is 78.3 cm³/mol. The molecule has 1 aromatic carbocycles. The zero-order chi connectivity index (χ0) is 15.6. The number of anilines is 1. The molecule has 0 aliphatic carbocycles. The molecule has 2 N–H and O–H groups in total. The van der Waals surface area contributed by atoms with E-state index in [1.54, 1.807) is 0 Å². The van der Waals surface area contributed by atoms with Gasteiger partial charge in [0.05, 0.1) is 16.3 Å². The number of nitrogens with zero attached hydrogens (tertiary/aromatic N) is 1. The molecule has 2 rings (SSSR count). The Morgan fingerprint density at radius 1 is 1.33 bits per heavy atom. The first-order valence-corrected chi connectivity index (χ1v) is 8.07. The van der Waals surface area contributed by atoms with E-state index in [1.165, 1.54) is 30.3 Å². The molecule has 0 aliphatic heterocycles. The molecule has 0 unspecified atom stereocenters. The van der Waals surface area contributed by atoms with Crippen LogP contribution in [0.15, 0.2) is 34.5 Å². The molecule has 108 valence electrons. The van der Waals surface area contributed by atoms with Crippen LogP contribution in [0.2, 0.25) is 5.02 Å². The van der Waals surface area contributed by atoms with Crippen molar-refractivity contribution in [2.45, 2.75) is 4.21 Å². The Bertz CT molecular complexity index is 852. The number of halogens is 1. The quantitative estimate of drug-likeness (QED) is 0.888. The van der Waals surface area contributed by atoms with Gasteiger partial charge in [0, 0.05) is 0 Å². The lowest BCUT2D eigenvalue weighted by Crippen LogP contribution is -2.11. The van der Waals surface area contributed by atoms with Gasteiger partial charge in [-0.25, -0.2) is 13.2 Å². The van der Waals surface area contributed by atoms with Gasteiger partial charge in [0.1, 0.15) is 15.2 Å². The molecule has 0 atom stereocenters. The topological polar surface area (TPSA) is 107 Å². The summed E-state index contributed by atoms with van der Waals surface area (Å²) in [4.78, 5) is 10.7. The maximum absolute atomic E-state index is 12.1. The molecule has 6 nitrogen and oxygen atoms in total. The number of sulfonamides is 1. The van der Waals surface area contributed by atoms with Gasteiger partial charge in [0.15, 0.2) is 0 Å². The highest BCUT2D eigenvalue weighted by molar-refractivity contribution is 7.94. The minimum atomic E-state index is -3.90. The molecule has 0 amide bonds. The molecule has 21 heavy (non-hydrogen) atoms. The average molecular weight is 343 g/mol. The number of carbonyl (C=O) groups is 1. The molecule has 1 heterocycles. The van der Waals surface area contributed by atoms with Crippen LogP contribution in [0, 0.1) is 11.3 Å². The first-order valence-electron chi connectivity index (χ1n) is 5.39. The molecule has 0 aliphatic rings. The van der Waals surface area contributed by atoms with Crippen molar-refractivity contribution in [2.24, 2.45) is 0 Å². The van der Waals surface area contributed by atoms with E-state index >= 15 is 0 Å². The van der Waals surface area contributed by atoms with Gasteiger partial charge in [-0.3, -0.25) is 4.72 Å². The van der Waals surface area contributed by atoms with Crippen LogP contribution in [-0.4, -0.2) is 19.5 Å². The average Bonchev–Trinajstić information content (AvgIpc) is 2.89. The molecule has 0 spiro atoms. The summed E-state index contributed by atoms with van der Waals surface area (Å²) >= 11 is 6.46. The van der Waals surface area contributed by atoms with Crippen molar-refractivity contribution in [1.29, 1.82) is 5.26 Å². The highest BCUT2D eigenvalue weighted by atomic mass is 35.5. The van der Waals surface area contributed by atoms with Crippen molar-refractivity contribution < 1.29 is 18.3 Å². The number of benzene rings is 1. The van der Waals surface area contributed by atoms with E-state index in [1.807, 2.05) is 6.07 Å². The Morgan fingerprint density at radius 3 is 2.57 bits per heavy atom. The van der Waals surface area contributed by atoms with Gasteiger partial charge in [-0.1, -0.05) is 11.6 Å². The van der Waals surface area contributed by atoms with Crippen molar-refractivity contribution >= 4 is 44.6 Å². The van der Waals surface area contributed by atoms with Crippen molar-refractivity contribution in [3.05, 3.63) is 45.8 Å². The highest BCUT2D eigenvalue weighted by Gasteiger charge is 2.19. The van der Waals surface area contributed by atoms with Gasteiger partial charge in [-0.05, 0) is 30.3 Å². The summed E-state index contributed by atoms with van der Waals surface area (Å²) in [5.74, 6) is -1.19. The van der Waals surface area contributed by atoms with E-state index in [0.29, 0.717) is 11.3 Å². The fraction of sp³-hybridized carbons (Fsp3) is 0. The number of aromatic carboxylic acids is 1. The van der Waals surface area contributed by atoms with Crippen LogP contribution in [-0.2, 0) is 10.0 Å².